The van der Waals surface area contributed by atoms with Gasteiger partial charge in [0.15, 0.2) is 0 Å². The lowest BCUT2D eigenvalue weighted by Crippen LogP contribution is -2.50. The van der Waals surface area contributed by atoms with Crippen LogP contribution in [0, 0.1) is 0 Å². The maximum Gasteiger partial charge on any atom is 0.324 e. The number of carbonyl (C=O) groups is 1. The van der Waals surface area contributed by atoms with Gasteiger partial charge in [-0.25, -0.2) is 4.79 Å². The number of nitrogens with zero attached hydrogens (tertiary/aromatic N) is 2. The van der Waals surface area contributed by atoms with Crippen LogP contribution in [-0.2, 0) is 0 Å². The molecule has 1 N–H and O–H groups in total. The molecule has 5 heteroatoms. The maximum absolute atomic E-state index is 12.3. The van der Waals surface area contributed by atoms with E-state index in [1.165, 1.54) is 0 Å². The van der Waals surface area contributed by atoms with Crippen molar-refractivity contribution in [2.24, 2.45) is 0 Å². The van der Waals surface area contributed by atoms with Crippen LogP contribution in [0.2, 0.25) is 0 Å². The second-order valence-corrected chi connectivity index (χ2v) is 4.51. The third-order valence-electron chi connectivity index (χ3n) is 3.21. The molecule has 5 nitrogen and oxygen atoms in total. The van der Waals surface area contributed by atoms with Crippen LogP contribution in [0.25, 0.3) is 0 Å². The summed E-state index contributed by atoms with van der Waals surface area (Å²) in [6, 6.07) is 7.64. The van der Waals surface area contributed by atoms with E-state index in [0.717, 1.165) is 37.6 Å². The highest BCUT2D eigenvalue weighted by Crippen LogP contribution is 2.19. The number of ether oxygens (including phenoxy) is 1. The summed E-state index contributed by atoms with van der Waals surface area (Å²) in [5.74, 6) is 0.828. The van der Waals surface area contributed by atoms with Gasteiger partial charge in [0.25, 0.3) is 0 Å². The minimum Gasteiger partial charge on any atom is -0.494 e. The molecule has 1 aromatic carbocycles. The van der Waals surface area contributed by atoms with E-state index < -0.39 is 0 Å². The number of amides is 2. The van der Waals surface area contributed by atoms with Gasteiger partial charge < -0.3 is 15.0 Å². The van der Waals surface area contributed by atoms with E-state index in [1.807, 2.05) is 36.1 Å². The van der Waals surface area contributed by atoms with E-state index in [-0.39, 0.29) is 6.03 Å². The van der Waals surface area contributed by atoms with E-state index in [4.69, 9.17) is 4.74 Å². The molecule has 1 fully saturated rings. The van der Waals surface area contributed by atoms with Crippen molar-refractivity contribution in [3.8, 4) is 5.75 Å². The first-order chi connectivity index (χ1) is 9.22. The van der Waals surface area contributed by atoms with Crippen LogP contribution >= 0.6 is 0 Å². The monoisotopic (exact) mass is 263 g/mol. The maximum atomic E-state index is 12.3. The van der Waals surface area contributed by atoms with Crippen LogP contribution in [0.1, 0.15) is 6.92 Å². The molecule has 19 heavy (non-hydrogen) atoms. The lowest BCUT2D eigenvalue weighted by Gasteiger charge is -2.31. The van der Waals surface area contributed by atoms with Crippen LogP contribution in [0.4, 0.5) is 10.5 Å². The van der Waals surface area contributed by atoms with Crippen molar-refractivity contribution < 1.29 is 9.53 Å². The predicted octanol–water partition coefficient (Wildman–Crippen LogP) is 1.55. The summed E-state index contributed by atoms with van der Waals surface area (Å²) in [7, 11) is 1.81. The Morgan fingerprint density at radius 3 is 2.53 bits per heavy atom. The number of urea groups is 1. The van der Waals surface area contributed by atoms with Gasteiger partial charge in [0.05, 0.1) is 6.61 Å². The molecular weight excluding hydrogens is 242 g/mol. The van der Waals surface area contributed by atoms with Crippen LogP contribution in [0.3, 0.4) is 0 Å². The van der Waals surface area contributed by atoms with Crippen molar-refractivity contribution in [2.75, 3.05) is 44.7 Å². The first kappa shape index (κ1) is 13.7. The molecule has 1 heterocycles. The molecule has 0 spiro atoms. The summed E-state index contributed by atoms with van der Waals surface area (Å²) >= 11 is 0. The molecule has 1 aliphatic heterocycles. The Morgan fingerprint density at radius 2 is 1.95 bits per heavy atom. The average Bonchev–Trinajstić information content (AvgIpc) is 2.48. The Labute approximate surface area is 114 Å². The SMILES string of the molecule is CCOc1ccc(N(C)C(=O)N2CCNCC2)cc1. The number of carbonyl (C=O) groups excluding carboxylic acids is 1. The van der Waals surface area contributed by atoms with Crippen LogP contribution in [0.15, 0.2) is 24.3 Å². The van der Waals surface area contributed by atoms with Crippen molar-refractivity contribution in [1.29, 1.82) is 0 Å². The fourth-order valence-electron chi connectivity index (χ4n) is 2.11. The first-order valence-corrected chi connectivity index (χ1v) is 6.68. The standard InChI is InChI=1S/C14H21N3O2/c1-3-19-13-6-4-12(5-7-13)16(2)14(18)17-10-8-15-9-11-17/h4-7,15H,3,8-11H2,1-2H3. The molecule has 0 aliphatic carbocycles. The molecule has 1 saturated heterocycles. The van der Waals surface area contributed by atoms with Gasteiger partial charge in [-0.2, -0.15) is 0 Å². The fourth-order valence-corrected chi connectivity index (χ4v) is 2.11. The van der Waals surface area contributed by atoms with Gasteiger partial charge in [0.2, 0.25) is 0 Å². The van der Waals surface area contributed by atoms with Crippen molar-refractivity contribution in [3.05, 3.63) is 24.3 Å². The number of hydrogen-bond donors (Lipinski definition) is 1. The van der Waals surface area contributed by atoms with Gasteiger partial charge in [-0.1, -0.05) is 0 Å². The number of anilines is 1. The highest BCUT2D eigenvalue weighted by atomic mass is 16.5. The minimum absolute atomic E-state index is 0.0469. The Bertz CT molecular complexity index is 413. The minimum atomic E-state index is 0.0469. The molecule has 0 saturated carbocycles. The van der Waals surface area contributed by atoms with E-state index in [1.54, 1.807) is 11.9 Å². The van der Waals surface area contributed by atoms with Gasteiger partial charge in [0.1, 0.15) is 5.75 Å². The molecule has 1 aromatic rings. The van der Waals surface area contributed by atoms with Crippen LogP contribution in [-0.4, -0.2) is 50.8 Å². The molecule has 0 aromatic heterocycles. The summed E-state index contributed by atoms with van der Waals surface area (Å²) in [6.07, 6.45) is 0. The third-order valence-corrected chi connectivity index (χ3v) is 3.21. The van der Waals surface area contributed by atoms with Crippen LogP contribution in [0.5, 0.6) is 5.75 Å². The quantitative estimate of drug-likeness (QED) is 0.900. The van der Waals surface area contributed by atoms with Gasteiger partial charge in [-0.05, 0) is 31.2 Å². The molecule has 0 radical (unpaired) electrons. The summed E-state index contributed by atoms with van der Waals surface area (Å²) in [4.78, 5) is 15.9. The third kappa shape index (κ3) is 3.38. The number of hydrogen-bond acceptors (Lipinski definition) is 3. The summed E-state index contributed by atoms with van der Waals surface area (Å²) in [5, 5.41) is 3.24. The molecule has 1 aliphatic rings. The molecule has 2 rings (SSSR count). The Hall–Kier alpha value is -1.75. The van der Waals surface area contributed by atoms with Crippen molar-refractivity contribution >= 4 is 11.7 Å². The Balaban J connectivity index is 2.01. The molecule has 0 bridgehead atoms. The largest absolute Gasteiger partial charge is 0.494 e. The van der Waals surface area contributed by atoms with E-state index >= 15 is 0 Å². The van der Waals surface area contributed by atoms with Crippen molar-refractivity contribution in [1.82, 2.24) is 10.2 Å². The zero-order valence-electron chi connectivity index (χ0n) is 11.6. The second-order valence-electron chi connectivity index (χ2n) is 4.51. The van der Waals surface area contributed by atoms with Gasteiger partial charge >= 0.3 is 6.03 Å². The lowest BCUT2D eigenvalue weighted by molar-refractivity contribution is 0.198. The zero-order valence-corrected chi connectivity index (χ0v) is 11.6. The first-order valence-electron chi connectivity index (χ1n) is 6.68. The van der Waals surface area contributed by atoms with Gasteiger partial charge in [-0.3, -0.25) is 4.90 Å². The Kier molecular flexibility index (Phi) is 4.63. The second kappa shape index (κ2) is 6.43. The van der Waals surface area contributed by atoms with Crippen molar-refractivity contribution in [3.63, 3.8) is 0 Å². The van der Waals surface area contributed by atoms with Gasteiger partial charge in [-0.15, -0.1) is 0 Å². The molecular formula is C14H21N3O2. The average molecular weight is 263 g/mol. The van der Waals surface area contributed by atoms with E-state index in [2.05, 4.69) is 5.32 Å². The zero-order chi connectivity index (χ0) is 13.7. The summed E-state index contributed by atoms with van der Waals surface area (Å²) in [6.45, 7) is 5.86. The predicted molar refractivity (Wildman–Crippen MR) is 75.9 cm³/mol. The molecule has 0 unspecified atom stereocenters. The lowest BCUT2D eigenvalue weighted by atomic mass is 10.3. The van der Waals surface area contributed by atoms with E-state index in [9.17, 15) is 4.79 Å². The van der Waals surface area contributed by atoms with Gasteiger partial charge in [0, 0.05) is 38.9 Å². The Morgan fingerprint density at radius 1 is 1.32 bits per heavy atom. The fraction of sp³-hybridized carbons (Fsp3) is 0.500. The highest BCUT2D eigenvalue weighted by Gasteiger charge is 2.20. The molecule has 2 amide bonds. The van der Waals surface area contributed by atoms with Crippen LogP contribution < -0.4 is 15.0 Å². The summed E-state index contributed by atoms with van der Waals surface area (Å²) < 4.78 is 5.40. The number of piperazine rings is 1. The normalized spacial score (nSPS) is 15.2. The molecule has 104 valence electrons. The smallest absolute Gasteiger partial charge is 0.324 e. The highest BCUT2D eigenvalue weighted by molar-refractivity contribution is 5.91. The summed E-state index contributed by atoms with van der Waals surface area (Å²) in [5.41, 5.74) is 0.881. The topological polar surface area (TPSA) is 44.8 Å². The van der Waals surface area contributed by atoms with E-state index in [0.29, 0.717) is 6.61 Å². The van der Waals surface area contributed by atoms with Crippen molar-refractivity contribution in [2.45, 2.75) is 6.92 Å². The number of nitrogens with one attached hydrogen (secondary N) is 1. The molecule has 0 atom stereocenters. The number of rotatable bonds is 3. The number of benzene rings is 1.